The first-order chi connectivity index (χ1) is 9.55. The molecule has 1 N–H and O–H groups in total. The molecule has 6 nitrogen and oxygen atoms in total. The summed E-state index contributed by atoms with van der Waals surface area (Å²) < 4.78 is 0. The summed E-state index contributed by atoms with van der Waals surface area (Å²) in [7, 11) is 0. The van der Waals surface area contributed by atoms with Crippen molar-refractivity contribution in [2.45, 2.75) is 33.3 Å². The summed E-state index contributed by atoms with van der Waals surface area (Å²) in [6.45, 7) is 9.16. The Hall–Kier alpha value is -1.14. The molecular formula is C13H22ClN5O. The van der Waals surface area contributed by atoms with Gasteiger partial charge in [0.05, 0.1) is 6.10 Å². The third-order valence-corrected chi connectivity index (χ3v) is 4.00. The van der Waals surface area contributed by atoms with Gasteiger partial charge in [0, 0.05) is 26.2 Å². The lowest BCUT2D eigenvalue weighted by atomic mass is 9.96. The fourth-order valence-corrected chi connectivity index (χ4v) is 2.50. The summed E-state index contributed by atoms with van der Waals surface area (Å²) in [5, 5.41) is 10.2. The van der Waals surface area contributed by atoms with Crippen LogP contribution in [-0.4, -0.2) is 52.3 Å². The van der Waals surface area contributed by atoms with E-state index in [1.54, 1.807) is 0 Å². The van der Waals surface area contributed by atoms with Gasteiger partial charge >= 0.3 is 0 Å². The van der Waals surface area contributed by atoms with E-state index in [9.17, 15) is 5.11 Å². The molecule has 0 bridgehead atoms. The molecule has 1 saturated heterocycles. The van der Waals surface area contributed by atoms with Crippen LogP contribution in [0.25, 0.3) is 0 Å². The lowest BCUT2D eigenvalue weighted by Gasteiger charge is -2.34. The van der Waals surface area contributed by atoms with Crippen molar-refractivity contribution in [3.8, 4) is 0 Å². The van der Waals surface area contributed by atoms with Crippen molar-refractivity contribution in [2.24, 2.45) is 5.92 Å². The number of aliphatic hydroxyl groups excluding tert-OH is 1. The van der Waals surface area contributed by atoms with E-state index in [2.05, 4.69) is 21.9 Å². The van der Waals surface area contributed by atoms with Gasteiger partial charge in [0.1, 0.15) is 0 Å². The molecule has 0 radical (unpaired) electrons. The summed E-state index contributed by atoms with van der Waals surface area (Å²) in [5.41, 5.74) is 0. The van der Waals surface area contributed by atoms with Gasteiger partial charge in [-0.25, -0.2) is 0 Å². The van der Waals surface area contributed by atoms with Crippen LogP contribution >= 0.6 is 11.6 Å². The van der Waals surface area contributed by atoms with Gasteiger partial charge in [-0.05, 0) is 37.8 Å². The molecule has 0 amide bonds. The second-order valence-electron chi connectivity index (χ2n) is 5.16. The number of rotatable bonds is 4. The van der Waals surface area contributed by atoms with Crippen LogP contribution in [0.1, 0.15) is 27.2 Å². The zero-order valence-electron chi connectivity index (χ0n) is 12.3. The Morgan fingerprint density at radius 3 is 2.60 bits per heavy atom. The van der Waals surface area contributed by atoms with Crippen LogP contribution in [0.5, 0.6) is 0 Å². The fraction of sp³-hybridized carbons (Fsp3) is 0.769. The fourth-order valence-electron chi connectivity index (χ4n) is 2.35. The molecule has 0 saturated carbocycles. The summed E-state index contributed by atoms with van der Waals surface area (Å²) in [5.74, 6) is 1.46. The first kappa shape index (κ1) is 15.3. The molecule has 1 aliphatic rings. The molecule has 1 fully saturated rings. The highest BCUT2D eigenvalue weighted by atomic mass is 35.5. The molecule has 0 spiro atoms. The molecular weight excluding hydrogens is 278 g/mol. The van der Waals surface area contributed by atoms with E-state index in [1.165, 1.54) is 0 Å². The number of halogens is 1. The smallest absolute Gasteiger partial charge is 0.231 e. The van der Waals surface area contributed by atoms with E-state index in [0.717, 1.165) is 26.1 Å². The molecule has 2 rings (SSSR count). The minimum atomic E-state index is -0.351. The molecule has 0 aliphatic carbocycles. The van der Waals surface area contributed by atoms with Gasteiger partial charge in [0.25, 0.3) is 0 Å². The summed E-state index contributed by atoms with van der Waals surface area (Å²) in [6.07, 6.45) is 0.571. The van der Waals surface area contributed by atoms with Gasteiger partial charge in [0.15, 0.2) is 0 Å². The van der Waals surface area contributed by atoms with Gasteiger partial charge in [-0.2, -0.15) is 15.0 Å². The lowest BCUT2D eigenvalue weighted by Crippen LogP contribution is -2.43. The number of nitrogens with zero attached hydrogens (tertiary/aromatic N) is 5. The van der Waals surface area contributed by atoms with Crippen molar-refractivity contribution in [2.75, 3.05) is 36.0 Å². The number of piperidine rings is 1. The van der Waals surface area contributed by atoms with Crippen molar-refractivity contribution in [3.63, 3.8) is 0 Å². The maximum atomic E-state index is 9.99. The molecule has 2 atom stereocenters. The molecule has 1 aliphatic heterocycles. The van der Waals surface area contributed by atoms with Crippen LogP contribution in [0.3, 0.4) is 0 Å². The lowest BCUT2D eigenvalue weighted by molar-refractivity contribution is 0.102. The van der Waals surface area contributed by atoms with E-state index in [1.807, 2.05) is 23.6 Å². The molecule has 2 unspecified atom stereocenters. The number of β-amino-alcohol motifs (C(OH)–C–C–N with tert-alkyl or cyclic N) is 1. The third-order valence-electron chi connectivity index (χ3n) is 3.83. The number of aliphatic hydroxyl groups is 1. The van der Waals surface area contributed by atoms with Gasteiger partial charge in [0.2, 0.25) is 17.2 Å². The second kappa shape index (κ2) is 6.54. The monoisotopic (exact) mass is 299 g/mol. The van der Waals surface area contributed by atoms with Crippen LogP contribution in [-0.2, 0) is 0 Å². The third kappa shape index (κ3) is 3.30. The zero-order chi connectivity index (χ0) is 14.7. The van der Waals surface area contributed by atoms with E-state index >= 15 is 0 Å². The molecule has 1 aromatic rings. The second-order valence-corrected chi connectivity index (χ2v) is 5.49. The van der Waals surface area contributed by atoms with Gasteiger partial charge in [-0.1, -0.05) is 6.92 Å². The Balaban J connectivity index is 2.23. The highest BCUT2D eigenvalue weighted by Gasteiger charge is 2.26. The van der Waals surface area contributed by atoms with E-state index in [0.29, 0.717) is 24.4 Å². The van der Waals surface area contributed by atoms with Crippen LogP contribution in [0.4, 0.5) is 11.9 Å². The molecule has 112 valence electrons. The molecule has 1 aromatic heterocycles. The van der Waals surface area contributed by atoms with Crippen molar-refractivity contribution >= 4 is 23.5 Å². The van der Waals surface area contributed by atoms with Crippen molar-refractivity contribution in [3.05, 3.63) is 5.28 Å². The summed E-state index contributed by atoms with van der Waals surface area (Å²) in [6, 6.07) is 0. The van der Waals surface area contributed by atoms with Crippen LogP contribution in [0.15, 0.2) is 0 Å². The van der Waals surface area contributed by atoms with E-state index < -0.39 is 0 Å². The Bertz CT molecular complexity index is 454. The summed E-state index contributed by atoms with van der Waals surface area (Å²) >= 11 is 6.01. The van der Waals surface area contributed by atoms with Gasteiger partial charge < -0.3 is 14.9 Å². The van der Waals surface area contributed by atoms with E-state index in [4.69, 9.17) is 11.6 Å². The van der Waals surface area contributed by atoms with Crippen LogP contribution < -0.4 is 9.80 Å². The van der Waals surface area contributed by atoms with Crippen molar-refractivity contribution in [1.29, 1.82) is 0 Å². The maximum Gasteiger partial charge on any atom is 0.231 e. The van der Waals surface area contributed by atoms with Crippen LogP contribution in [0, 0.1) is 5.92 Å². The quantitative estimate of drug-likeness (QED) is 0.910. The molecule has 20 heavy (non-hydrogen) atoms. The Kier molecular flexibility index (Phi) is 4.99. The van der Waals surface area contributed by atoms with Gasteiger partial charge in [-0.15, -0.1) is 0 Å². The first-order valence-electron chi connectivity index (χ1n) is 7.14. The predicted octanol–water partition coefficient (Wildman–Crippen LogP) is 1.58. The predicted molar refractivity (Wildman–Crippen MR) is 80.4 cm³/mol. The van der Waals surface area contributed by atoms with Crippen LogP contribution in [0.2, 0.25) is 5.28 Å². The highest BCUT2D eigenvalue weighted by Crippen LogP contribution is 2.23. The number of anilines is 2. The minimum Gasteiger partial charge on any atom is -0.391 e. The number of hydrogen-bond acceptors (Lipinski definition) is 6. The number of hydrogen-bond donors (Lipinski definition) is 1. The highest BCUT2D eigenvalue weighted by molar-refractivity contribution is 6.28. The molecule has 2 heterocycles. The van der Waals surface area contributed by atoms with Crippen molar-refractivity contribution in [1.82, 2.24) is 15.0 Å². The Morgan fingerprint density at radius 2 is 2.00 bits per heavy atom. The first-order valence-corrected chi connectivity index (χ1v) is 7.52. The average Bonchev–Trinajstić information content (AvgIpc) is 2.42. The Labute approximate surface area is 124 Å². The largest absolute Gasteiger partial charge is 0.391 e. The molecule has 0 aromatic carbocycles. The van der Waals surface area contributed by atoms with Crippen molar-refractivity contribution < 1.29 is 5.11 Å². The summed E-state index contributed by atoms with van der Waals surface area (Å²) in [4.78, 5) is 16.9. The number of aromatic nitrogens is 3. The van der Waals surface area contributed by atoms with Gasteiger partial charge in [-0.3, -0.25) is 0 Å². The molecule has 7 heteroatoms. The zero-order valence-corrected chi connectivity index (χ0v) is 13.0. The minimum absolute atomic E-state index is 0.199. The normalized spacial score (nSPS) is 22.9. The average molecular weight is 300 g/mol. The Morgan fingerprint density at radius 1 is 1.30 bits per heavy atom. The standard InChI is InChI=1S/C13H22ClN5O/c1-4-18(5-2)12-15-11(14)16-13(17-12)19-7-6-9(3)10(20)8-19/h9-10,20H,4-8H2,1-3H3. The topological polar surface area (TPSA) is 65.4 Å². The SMILES string of the molecule is CCN(CC)c1nc(Cl)nc(N2CCC(C)C(O)C2)n1. The maximum absolute atomic E-state index is 9.99. The van der Waals surface area contributed by atoms with E-state index in [-0.39, 0.29) is 11.4 Å².